The van der Waals surface area contributed by atoms with Crippen molar-refractivity contribution in [3.8, 4) is 0 Å². The summed E-state index contributed by atoms with van der Waals surface area (Å²) in [6, 6.07) is 0.0115. The smallest absolute Gasteiger partial charge is 0.214 e. The Kier molecular flexibility index (Phi) is 5.41. The average Bonchev–Trinajstić information content (AvgIpc) is 2.26. The molecule has 2 N–H and O–H groups in total. The standard InChI is InChI=1S/C12H26N2O2S/c1-4-11-5-6-14(12(7-11)8-13)17(15,16)9-10(2)3/h10-12H,4-9,13H2,1-3H3. The highest BCUT2D eigenvalue weighted by molar-refractivity contribution is 7.89. The fraction of sp³-hybridized carbons (Fsp3) is 1.00. The average molecular weight is 262 g/mol. The maximum absolute atomic E-state index is 12.2. The molecule has 0 aliphatic carbocycles. The lowest BCUT2D eigenvalue weighted by Gasteiger charge is -2.38. The quantitative estimate of drug-likeness (QED) is 0.815. The number of rotatable bonds is 5. The number of nitrogens with two attached hydrogens (primary N) is 1. The maximum atomic E-state index is 12.2. The first-order valence-corrected chi connectivity index (χ1v) is 8.21. The van der Waals surface area contributed by atoms with Crippen LogP contribution in [0.15, 0.2) is 0 Å². The molecule has 4 nitrogen and oxygen atoms in total. The van der Waals surface area contributed by atoms with E-state index in [-0.39, 0.29) is 17.7 Å². The van der Waals surface area contributed by atoms with Gasteiger partial charge in [-0.1, -0.05) is 27.2 Å². The molecule has 1 fully saturated rings. The zero-order chi connectivity index (χ0) is 13.1. The monoisotopic (exact) mass is 262 g/mol. The SMILES string of the molecule is CCC1CCN(S(=O)(=O)CC(C)C)C(CN)C1. The highest BCUT2D eigenvalue weighted by atomic mass is 32.2. The molecule has 2 unspecified atom stereocenters. The van der Waals surface area contributed by atoms with Gasteiger partial charge in [0.25, 0.3) is 0 Å². The van der Waals surface area contributed by atoms with Crippen LogP contribution in [-0.4, -0.2) is 37.6 Å². The summed E-state index contributed by atoms with van der Waals surface area (Å²) >= 11 is 0. The molecule has 0 aromatic heterocycles. The topological polar surface area (TPSA) is 63.4 Å². The van der Waals surface area contributed by atoms with Crippen molar-refractivity contribution in [1.82, 2.24) is 4.31 Å². The second kappa shape index (κ2) is 6.16. The summed E-state index contributed by atoms with van der Waals surface area (Å²) in [5.41, 5.74) is 5.73. The number of nitrogens with zero attached hydrogens (tertiary/aromatic N) is 1. The molecule has 102 valence electrons. The van der Waals surface area contributed by atoms with Gasteiger partial charge in [0, 0.05) is 19.1 Å². The third kappa shape index (κ3) is 3.93. The van der Waals surface area contributed by atoms with Crippen LogP contribution >= 0.6 is 0 Å². The van der Waals surface area contributed by atoms with Gasteiger partial charge in [-0.2, -0.15) is 4.31 Å². The lowest BCUT2D eigenvalue weighted by Crippen LogP contribution is -2.50. The number of hydrogen-bond donors (Lipinski definition) is 1. The second-order valence-electron chi connectivity index (χ2n) is 5.47. The molecule has 1 saturated heterocycles. The minimum absolute atomic E-state index is 0.0115. The van der Waals surface area contributed by atoms with Gasteiger partial charge < -0.3 is 5.73 Å². The fourth-order valence-electron chi connectivity index (χ4n) is 2.58. The van der Waals surface area contributed by atoms with Crippen molar-refractivity contribution in [2.24, 2.45) is 17.6 Å². The Balaban J connectivity index is 2.76. The van der Waals surface area contributed by atoms with Gasteiger partial charge in [0.15, 0.2) is 0 Å². The molecule has 0 spiro atoms. The molecule has 0 bridgehead atoms. The zero-order valence-electron chi connectivity index (χ0n) is 11.2. The Morgan fingerprint density at radius 2 is 2.06 bits per heavy atom. The van der Waals surface area contributed by atoms with Gasteiger partial charge in [0.05, 0.1) is 5.75 Å². The van der Waals surface area contributed by atoms with E-state index in [0.29, 0.717) is 19.0 Å². The van der Waals surface area contributed by atoms with Crippen LogP contribution in [0, 0.1) is 11.8 Å². The molecular weight excluding hydrogens is 236 g/mol. The normalized spacial score (nSPS) is 27.6. The third-order valence-electron chi connectivity index (χ3n) is 3.52. The van der Waals surface area contributed by atoms with E-state index in [4.69, 9.17) is 5.73 Å². The predicted molar refractivity (Wildman–Crippen MR) is 71.2 cm³/mol. The molecule has 17 heavy (non-hydrogen) atoms. The van der Waals surface area contributed by atoms with Crippen LogP contribution in [0.1, 0.15) is 40.0 Å². The summed E-state index contributed by atoms with van der Waals surface area (Å²) in [6.07, 6.45) is 3.02. The third-order valence-corrected chi connectivity index (χ3v) is 5.80. The summed E-state index contributed by atoms with van der Waals surface area (Å²) in [5, 5.41) is 0. The molecule has 0 aromatic carbocycles. The summed E-state index contributed by atoms with van der Waals surface area (Å²) in [7, 11) is -3.12. The van der Waals surface area contributed by atoms with E-state index in [1.54, 1.807) is 4.31 Å². The second-order valence-corrected chi connectivity index (χ2v) is 7.44. The molecule has 0 saturated carbocycles. The highest BCUT2D eigenvalue weighted by Crippen LogP contribution is 2.27. The molecule has 1 aliphatic heterocycles. The van der Waals surface area contributed by atoms with Gasteiger partial charge in [0.1, 0.15) is 0 Å². The Bertz CT molecular complexity index is 327. The van der Waals surface area contributed by atoms with Gasteiger partial charge >= 0.3 is 0 Å². The first-order chi connectivity index (χ1) is 7.90. The van der Waals surface area contributed by atoms with Crippen molar-refractivity contribution in [3.63, 3.8) is 0 Å². The summed E-state index contributed by atoms with van der Waals surface area (Å²) in [6.45, 7) is 7.13. The summed E-state index contributed by atoms with van der Waals surface area (Å²) in [4.78, 5) is 0. The van der Waals surface area contributed by atoms with Crippen LogP contribution in [0.25, 0.3) is 0 Å². The molecular formula is C12H26N2O2S. The lowest BCUT2D eigenvalue weighted by molar-refractivity contribution is 0.197. The number of sulfonamides is 1. The molecule has 0 amide bonds. The number of hydrogen-bond acceptors (Lipinski definition) is 3. The van der Waals surface area contributed by atoms with Crippen molar-refractivity contribution < 1.29 is 8.42 Å². The van der Waals surface area contributed by atoms with Gasteiger partial charge in [-0.3, -0.25) is 0 Å². The minimum atomic E-state index is -3.12. The van der Waals surface area contributed by atoms with Crippen molar-refractivity contribution in [2.45, 2.75) is 46.1 Å². The predicted octanol–water partition coefficient (Wildman–Crippen LogP) is 1.42. The van der Waals surface area contributed by atoms with Gasteiger partial charge in [-0.25, -0.2) is 8.42 Å². The largest absolute Gasteiger partial charge is 0.329 e. The van der Waals surface area contributed by atoms with E-state index in [0.717, 1.165) is 19.3 Å². The molecule has 0 aromatic rings. The van der Waals surface area contributed by atoms with E-state index in [1.165, 1.54) is 0 Å². The molecule has 1 heterocycles. The number of piperidine rings is 1. The van der Waals surface area contributed by atoms with E-state index in [9.17, 15) is 8.42 Å². The Labute approximate surface area is 106 Å². The van der Waals surface area contributed by atoms with E-state index in [1.807, 2.05) is 13.8 Å². The highest BCUT2D eigenvalue weighted by Gasteiger charge is 2.34. The molecule has 2 atom stereocenters. The van der Waals surface area contributed by atoms with Gasteiger partial charge in [-0.15, -0.1) is 0 Å². The Morgan fingerprint density at radius 1 is 1.41 bits per heavy atom. The Morgan fingerprint density at radius 3 is 2.53 bits per heavy atom. The van der Waals surface area contributed by atoms with Gasteiger partial charge in [-0.05, 0) is 24.7 Å². The van der Waals surface area contributed by atoms with Crippen molar-refractivity contribution in [1.29, 1.82) is 0 Å². The van der Waals surface area contributed by atoms with Crippen LogP contribution < -0.4 is 5.73 Å². The minimum Gasteiger partial charge on any atom is -0.329 e. The van der Waals surface area contributed by atoms with Crippen LogP contribution in [0.2, 0.25) is 0 Å². The maximum Gasteiger partial charge on any atom is 0.214 e. The van der Waals surface area contributed by atoms with Crippen LogP contribution in [0.4, 0.5) is 0 Å². The van der Waals surface area contributed by atoms with Crippen molar-refractivity contribution >= 4 is 10.0 Å². The van der Waals surface area contributed by atoms with Crippen LogP contribution in [0.3, 0.4) is 0 Å². The van der Waals surface area contributed by atoms with Crippen LogP contribution in [0.5, 0.6) is 0 Å². The summed E-state index contributed by atoms with van der Waals surface area (Å²) in [5.74, 6) is 1.04. The first kappa shape index (κ1) is 14.9. The van der Waals surface area contributed by atoms with E-state index < -0.39 is 10.0 Å². The molecule has 5 heteroatoms. The molecule has 1 rings (SSSR count). The fourth-order valence-corrected chi connectivity index (χ4v) is 4.62. The van der Waals surface area contributed by atoms with E-state index in [2.05, 4.69) is 6.92 Å². The molecule has 0 radical (unpaired) electrons. The first-order valence-electron chi connectivity index (χ1n) is 6.60. The zero-order valence-corrected chi connectivity index (χ0v) is 12.0. The molecule has 1 aliphatic rings. The Hall–Kier alpha value is -0.130. The lowest BCUT2D eigenvalue weighted by atomic mass is 9.90. The van der Waals surface area contributed by atoms with E-state index >= 15 is 0 Å². The summed E-state index contributed by atoms with van der Waals surface area (Å²) < 4.78 is 26.1. The van der Waals surface area contributed by atoms with Crippen molar-refractivity contribution in [3.05, 3.63) is 0 Å². The van der Waals surface area contributed by atoms with Gasteiger partial charge in [0.2, 0.25) is 10.0 Å². The van der Waals surface area contributed by atoms with Crippen molar-refractivity contribution in [2.75, 3.05) is 18.8 Å². The van der Waals surface area contributed by atoms with Crippen LogP contribution in [-0.2, 0) is 10.0 Å².